The lowest BCUT2D eigenvalue weighted by molar-refractivity contribution is -0.142. The van der Waals surface area contributed by atoms with Gasteiger partial charge in [0.1, 0.15) is 0 Å². The van der Waals surface area contributed by atoms with Crippen LogP contribution in [0.1, 0.15) is 32.1 Å². The van der Waals surface area contributed by atoms with Gasteiger partial charge in [-0.25, -0.2) is 4.79 Å². The summed E-state index contributed by atoms with van der Waals surface area (Å²) < 4.78 is 5.31. The molecule has 0 aliphatic carbocycles. The Morgan fingerprint density at radius 2 is 2.15 bits per heavy atom. The number of carboxylic acid groups (broad SMARTS) is 1. The molecule has 6 nitrogen and oxygen atoms in total. The number of rotatable bonds is 4. The molecule has 2 bridgehead atoms. The molecule has 3 heterocycles. The van der Waals surface area contributed by atoms with Crippen LogP contribution in [-0.2, 0) is 9.53 Å². The van der Waals surface area contributed by atoms with Crippen LogP contribution in [-0.4, -0.2) is 53.8 Å². The Bertz CT molecular complexity index is 395. The molecule has 4 atom stereocenters. The van der Waals surface area contributed by atoms with Crippen molar-refractivity contribution in [3.05, 3.63) is 0 Å². The molecule has 3 aliphatic rings. The number of carboxylic acids is 1. The van der Waals surface area contributed by atoms with Crippen molar-refractivity contribution in [2.45, 2.75) is 44.2 Å². The molecule has 112 valence electrons. The predicted octanol–water partition coefficient (Wildman–Crippen LogP) is 1.06. The van der Waals surface area contributed by atoms with Crippen LogP contribution in [0, 0.1) is 11.8 Å². The van der Waals surface area contributed by atoms with E-state index in [1.165, 1.54) is 0 Å². The molecule has 3 saturated heterocycles. The van der Waals surface area contributed by atoms with Gasteiger partial charge in [-0.1, -0.05) is 0 Å². The van der Waals surface area contributed by atoms with E-state index in [2.05, 4.69) is 5.32 Å². The Morgan fingerprint density at radius 1 is 1.30 bits per heavy atom. The zero-order valence-corrected chi connectivity index (χ0v) is 11.6. The lowest BCUT2D eigenvalue weighted by Gasteiger charge is -2.23. The minimum atomic E-state index is -0.766. The van der Waals surface area contributed by atoms with Gasteiger partial charge in [0.15, 0.2) is 0 Å². The minimum absolute atomic E-state index is 0.0832. The molecule has 3 fully saturated rings. The second-order valence-corrected chi connectivity index (χ2v) is 6.14. The molecule has 0 saturated carbocycles. The molecule has 4 unspecified atom stereocenters. The Hall–Kier alpha value is -1.30. The molecular weight excluding hydrogens is 260 g/mol. The SMILES string of the molecule is O=C(O)C1CC2CCC1N2C(=O)NCCC1CCOC1. The fourth-order valence-corrected chi connectivity index (χ4v) is 3.86. The quantitative estimate of drug-likeness (QED) is 0.808. The van der Waals surface area contributed by atoms with Crippen LogP contribution in [0.3, 0.4) is 0 Å². The maximum atomic E-state index is 12.2. The second kappa shape index (κ2) is 5.60. The van der Waals surface area contributed by atoms with E-state index in [0.29, 0.717) is 18.9 Å². The van der Waals surface area contributed by atoms with E-state index in [9.17, 15) is 14.7 Å². The summed E-state index contributed by atoms with van der Waals surface area (Å²) in [7, 11) is 0. The highest BCUT2D eigenvalue weighted by atomic mass is 16.5. The van der Waals surface area contributed by atoms with Crippen molar-refractivity contribution in [1.29, 1.82) is 0 Å². The second-order valence-electron chi connectivity index (χ2n) is 6.14. The summed E-state index contributed by atoms with van der Waals surface area (Å²) in [5.41, 5.74) is 0. The summed E-state index contributed by atoms with van der Waals surface area (Å²) in [6.07, 6.45) is 4.40. The molecule has 0 spiro atoms. The summed E-state index contributed by atoms with van der Waals surface area (Å²) in [5.74, 6) is -0.585. The molecular formula is C14H22N2O4. The number of fused-ring (bicyclic) bond motifs is 2. The lowest BCUT2D eigenvalue weighted by atomic mass is 9.89. The molecule has 0 aromatic rings. The third-order valence-electron chi connectivity index (χ3n) is 4.94. The van der Waals surface area contributed by atoms with Crippen LogP contribution in [0.15, 0.2) is 0 Å². The van der Waals surface area contributed by atoms with E-state index in [1.807, 2.05) is 0 Å². The van der Waals surface area contributed by atoms with Crippen LogP contribution >= 0.6 is 0 Å². The number of nitrogens with zero attached hydrogens (tertiary/aromatic N) is 1. The van der Waals surface area contributed by atoms with Gasteiger partial charge in [0.2, 0.25) is 0 Å². The van der Waals surface area contributed by atoms with Gasteiger partial charge in [-0.15, -0.1) is 0 Å². The number of hydrogen-bond donors (Lipinski definition) is 2. The summed E-state index contributed by atoms with van der Waals surface area (Å²) >= 11 is 0. The number of aliphatic carboxylic acids is 1. The lowest BCUT2D eigenvalue weighted by Crippen LogP contribution is -2.44. The van der Waals surface area contributed by atoms with Crippen LogP contribution < -0.4 is 5.32 Å². The average molecular weight is 282 g/mol. The first-order valence-electron chi connectivity index (χ1n) is 7.53. The molecule has 0 aromatic heterocycles. The number of amides is 2. The first-order chi connectivity index (χ1) is 9.66. The Labute approximate surface area is 118 Å². The van der Waals surface area contributed by atoms with E-state index >= 15 is 0 Å². The third kappa shape index (κ3) is 2.49. The van der Waals surface area contributed by atoms with E-state index in [-0.39, 0.29) is 24.0 Å². The maximum Gasteiger partial charge on any atom is 0.317 e. The van der Waals surface area contributed by atoms with E-state index in [4.69, 9.17) is 4.74 Å². The first-order valence-corrected chi connectivity index (χ1v) is 7.53. The number of hydrogen-bond acceptors (Lipinski definition) is 3. The summed E-state index contributed by atoms with van der Waals surface area (Å²) in [4.78, 5) is 25.2. The standard InChI is InChI=1S/C14H22N2O4/c17-13(18)11-7-10-1-2-12(11)16(10)14(19)15-5-3-9-4-6-20-8-9/h9-12H,1-8H2,(H,15,19)(H,17,18). The maximum absolute atomic E-state index is 12.2. The molecule has 20 heavy (non-hydrogen) atoms. The van der Waals surface area contributed by atoms with E-state index < -0.39 is 5.97 Å². The topological polar surface area (TPSA) is 78.9 Å². The molecule has 2 amide bonds. The Balaban J connectivity index is 1.49. The highest BCUT2D eigenvalue weighted by molar-refractivity contribution is 5.79. The summed E-state index contributed by atoms with van der Waals surface area (Å²) in [6.45, 7) is 2.28. The van der Waals surface area contributed by atoms with Crippen molar-refractivity contribution < 1.29 is 19.4 Å². The normalized spacial score (nSPS) is 35.5. The molecule has 3 rings (SSSR count). The molecule has 0 aromatic carbocycles. The highest BCUT2D eigenvalue weighted by Crippen LogP contribution is 2.41. The first kappa shape index (κ1) is 13.7. The summed E-state index contributed by atoms with van der Waals surface area (Å²) in [6, 6.07) is -0.0663. The zero-order chi connectivity index (χ0) is 14.1. The van der Waals surface area contributed by atoms with Crippen molar-refractivity contribution in [1.82, 2.24) is 10.2 Å². The minimum Gasteiger partial charge on any atom is -0.481 e. The van der Waals surface area contributed by atoms with Gasteiger partial charge in [0.05, 0.1) is 5.92 Å². The fraction of sp³-hybridized carbons (Fsp3) is 0.857. The molecule has 6 heteroatoms. The third-order valence-corrected chi connectivity index (χ3v) is 4.94. The van der Waals surface area contributed by atoms with Gasteiger partial charge in [0, 0.05) is 31.8 Å². The Morgan fingerprint density at radius 3 is 2.80 bits per heavy atom. The van der Waals surface area contributed by atoms with Crippen LogP contribution in [0.5, 0.6) is 0 Å². The number of ether oxygens (including phenoxy) is 1. The van der Waals surface area contributed by atoms with Crippen molar-refractivity contribution in [2.24, 2.45) is 11.8 Å². The smallest absolute Gasteiger partial charge is 0.317 e. The van der Waals surface area contributed by atoms with Crippen LogP contribution in [0.4, 0.5) is 4.79 Å². The van der Waals surface area contributed by atoms with Crippen LogP contribution in [0.2, 0.25) is 0 Å². The Kier molecular flexibility index (Phi) is 3.83. The molecule has 3 aliphatic heterocycles. The van der Waals surface area contributed by atoms with E-state index in [1.54, 1.807) is 4.90 Å². The van der Waals surface area contributed by atoms with Crippen LogP contribution in [0.25, 0.3) is 0 Å². The van der Waals surface area contributed by atoms with E-state index in [0.717, 1.165) is 38.9 Å². The van der Waals surface area contributed by atoms with Gasteiger partial charge in [-0.3, -0.25) is 4.79 Å². The highest BCUT2D eigenvalue weighted by Gasteiger charge is 2.51. The van der Waals surface area contributed by atoms with Crippen molar-refractivity contribution >= 4 is 12.0 Å². The van der Waals surface area contributed by atoms with Crippen molar-refractivity contribution in [3.63, 3.8) is 0 Å². The van der Waals surface area contributed by atoms with Crippen molar-refractivity contribution in [2.75, 3.05) is 19.8 Å². The van der Waals surface area contributed by atoms with Gasteiger partial charge < -0.3 is 20.1 Å². The average Bonchev–Trinajstić information content (AvgIpc) is 3.13. The predicted molar refractivity (Wildman–Crippen MR) is 71.3 cm³/mol. The number of carbonyl (C=O) groups is 2. The number of nitrogens with one attached hydrogen (secondary N) is 1. The molecule has 0 radical (unpaired) electrons. The van der Waals surface area contributed by atoms with Gasteiger partial charge in [0.25, 0.3) is 0 Å². The van der Waals surface area contributed by atoms with Crippen molar-refractivity contribution in [3.8, 4) is 0 Å². The zero-order valence-electron chi connectivity index (χ0n) is 11.6. The van der Waals surface area contributed by atoms with Gasteiger partial charge in [-0.05, 0) is 38.0 Å². The van der Waals surface area contributed by atoms with Gasteiger partial charge in [-0.2, -0.15) is 0 Å². The van der Waals surface area contributed by atoms with Gasteiger partial charge >= 0.3 is 12.0 Å². The monoisotopic (exact) mass is 282 g/mol. The number of urea groups is 1. The molecule has 2 N–H and O–H groups in total. The fourth-order valence-electron chi connectivity index (χ4n) is 3.86. The summed E-state index contributed by atoms with van der Waals surface area (Å²) in [5, 5.41) is 12.1. The largest absolute Gasteiger partial charge is 0.481 e. The number of carbonyl (C=O) groups excluding carboxylic acids is 1.